The molecule has 1 aliphatic heterocycles. The zero-order chi connectivity index (χ0) is 12.0. The molecule has 0 aromatic heterocycles. The van der Waals surface area contributed by atoms with Crippen molar-refractivity contribution in [1.29, 1.82) is 0 Å². The molecule has 0 saturated carbocycles. The van der Waals surface area contributed by atoms with E-state index in [-0.39, 0.29) is 0 Å². The summed E-state index contributed by atoms with van der Waals surface area (Å²) in [4.78, 5) is 4.22. The second-order valence-corrected chi connectivity index (χ2v) is 3.74. The maximum absolute atomic E-state index is 4.16. The monoisotopic (exact) mass is 377 g/mol. The number of aryl methyl sites for hydroxylation is 1. The molecular formula is C12H15CuIN2. The minimum atomic E-state index is 0.946. The summed E-state index contributed by atoms with van der Waals surface area (Å²) >= 11 is 5.87. The number of rotatable bonds is 2. The second kappa shape index (κ2) is 7.20. The van der Waals surface area contributed by atoms with Crippen LogP contribution in [0.5, 0.6) is 0 Å². The molecule has 0 atom stereocenters. The summed E-state index contributed by atoms with van der Waals surface area (Å²) in [5.74, 6) is 0. The van der Waals surface area contributed by atoms with Crippen molar-refractivity contribution in [3.63, 3.8) is 0 Å². The molecule has 0 saturated heterocycles. The van der Waals surface area contributed by atoms with Gasteiger partial charge in [0.25, 0.3) is 0 Å². The zero-order valence-corrected chi connectivity index (χ0v) is 12.4. The summed E-state index contributed by atoms with van der Waals surface area (Å²) in [5, 5.41) is 0. The van der Waals surface area contributed by atoms with Crippen molar-refractivity contribution in [3.8, 4) is 0 Å². The van der Waals surface area contributed by atoms with E-state index < -0.39 is 0 Å². The number of nitrogens with zero attached hydrogens (tertiary/aromatic N) is 2. The van der Waals surface area contributed by atoms with Crippen LogP contribution in [0.25, 0.3) is 0 Å². The molecule has 0 fully saturated rings. The molecule has 0 radical (unpaired) electrons. The van der Waals surface area contributed by atoms with Crippen LogP contribution in [-0.2, 0) is 19.3 Å². The van der Waals surface area contributed by atoms with Crippen molar-refractivity contribution < 1.29 is 12.8 Å². The molecule has 1 heterocycles. The fourth-order valence-electron chi connectivity index (χ4n) is 1.50. The zero-order valence-electron chi connectivity index (χ0n) is 9.32. The number of benzene rings is 1. The van der Waals surface area contributed by atoms with Gasteiger partial charge in [-0.2, -0.15) is 6.67 Å². The quantitative estimate of drug-likeness (QED) is 0.443. The summed E-state index contributed by atoms with van der Waals surface area (Å²) in [7, 11) is 2.03. The Balaban J connectivity index is 0.000000606. The molecular weight excluding hydrogens is 363 g/mol. The summed E-state index contributed by atoms with van der Waals surface area (Å²) in [6.45, 7) is 5.14. The van der Waals surface area contributed by atoms with Crippen LogP contribution in [-0.4, -0.2) is 16.8 Å². The van der Waals surface area contributed by atoms with E-state index in [1.165, 1.54) is 11.1 Å². The summed E-state index contributed by atoms with van der Waals surface area (Å²) < 4.78 is 0. The molecule has 1 aromatic carbocycles. The Bertz CT molecular complexity index is 337. The third-order valence-corrected chi connectivity index (χ3v) is 2.31. The van der Waals surface area contributed by atoms with Gasteiger partial charge in [-0.15, -0.1) is 0 Å². The van der Waals surface area contributed by atoms with Gasteiger partial charge in [-0.1, -0.05) is 29.8 Å². The Hall–Kier alpha value is -0.191. The molecule has 91 valence electrons. The predicted octanol–water partition coefficient (Wildman–Crippen LogP) is 3.22. The number of hydrogen-bond donors (Lipinski definition) is 0. The predicted molar refractivity (Wildman–Crippen MR) is 71.9 cm³/mol. The van der Waals surface area contributed by atoms with Crippen LogP contribution in [0.15, 0.2) is 36.7 Å². The Kier molecular flexibility index (Phi) is 6.24. The first kappa shape index (κ1) is 13.9. The molecule has 2 nitrogen and oxygen atoms in total. The van der Waals surface area contributed by atoms with Gasteiger partial charge in [0.15, 0.2) is 0 Å². The van der Waals surface area contributed by atoms with E-state index >= 15 is 0 Å². The molecule has 4 heteroatoms. The molecule has 0 amide bonds. The van der Waals surface area contributed by atoms with E-state index in [9.17, 15) is 0 Å². The van der Waals surface area contributed by atoms with Crippen LogP contribution in [0.1, 0.15) is 11.1 Å². The second-order valence-electron chi connectivity index (χ2n) is 3.74. The van der Waals surface area contributed by atoms with Crippen LogP contribution >= 0.6 is 20.3 Å². The Morgan fingerprint density at radius 1 is 1.19 bits per heavy atom. The molecule has 2 rings (SSSR count). The molecule has 1 aliphatic rings. The van der Waals surface area contributed by atoms with Crippen LogP contribution < -0.4 is 0 Å². The average Bonchev–Trinajstić information content (AvgIpc) is 2.70. The van der Waals surface area contributed by atoms with Gasteiger partial charge in [-0.3, -0.25) is 0 Å². The molecule has 0 unspecified atom stereocenters. The van der Waals surface area contributed by atoms with Gasteiger partial charge >= 0.3 is 33.1 Å². The van der Waals surface area contributed by atoms with Gasteiger partial charge in [-0.05, 0) is 31.9 Å². The van der Waals surface area contributed by atoms with Crippen LogP contribution in [0, 0.1) is 13.6 Å². The Morgan fingerprint density at radius 2 is 1.81 bits per heavy atom. The van der Waals surface area contributed by atoms with E-state index in [1.807, 2.05) is 18.1 Å². The first-order valence-electron chi connectivity index (χ1n) is 4.92. The minimum absolute atomic E-state index is 0.946. The van der Waals surface area contributed by atoms with Crippen LogP contribution in [0.3, 0.4) is 0 Å². The number of halogens is 1. The molecule has 16 heavy (non-hydrogen) atoms. The topological polar surface area (TPSA) is 6.48 Å². The van der Waals surface area contributed by atoms with E-state index in [1.54, 1.807) is 20.3 Å². The van der Waals surface area contributed by atoms with Crippen molar-refractivity contribution in [2.45, 2.75) is 13.5 Å². The third kappa shape index (κ3) is 4.36. The van der Waals surface area contributed by atoms with Crippen molar-refractivity contribution in [3.05, 3.63) is 54.5 Å². The van der Waals surface area contributed by atoms with E-state index in [0.29, 0.717) is 0 Å². The average molecular weight is 378 g/mol. The molecule has 0 aliphatic carbocycles. The van der Waals surface area contributed by atoms with Gasteiger partial charge in [-0.25, -0.2) is 0 Å². The first-order chi connectivity index (χ1) is 7.74. The van der Waals surface area contributed by atoms with Crippen molar-refractivity contribution >= 4 is 20.3 Å². The molecule has 1 aromatic rings. The fourth-order valence-corrected chi connectivity index (χ4v) is 1.50. The van der Waals surface area contributed by atoms with Gasteiger partial charge in [0, 0.05) is 6.54 Å². The summed E-state index contributed by atoms with van der Waals surface area (Å²) in [5.41, 5.74) is 2.65. The Labute approximate surface area is 117 Å². The molecule has 0 N–H and O–H groups in total. The SMILES string of the molecule is Cc1ccc(CN2C=CN(C)[CH-]2)cc1.[Cu+][I]. The third-order valence-electron chi connectivity index (χ3n) is 2.31. The molecule has 0 bridgehead atoms. The van der Waals surface area contributed by atoms with Gasteiger partial charge in [0.05, 0.1) is 0 Å². The fraction of sp³-hybridized carbons (Fsp3) is 0.250. The standard InChI is InChI=1S/C12H15N2.Cu.HI/c1-11-3-5-12(6-4-11)9-14-8-7-13(2)10-14;;/h3-8,10H,9H2,1-2H3;;1H/q-1;+2;/p-1. The number of hydrogen-bond acceptors (Lipinski definition) is 2. The normalized spacial score (nSPS) is 13.8. The van der Waals surface area contributed by atoms with E-state index in [0.717, 1.165) is 6.54 Å². The maximum atomic E-state index is 4.16. The Morgan fingerprint density at radius 3 is 2.31 bits per heavy atom. The van der Waals surface area contributed by atoms with Gasteiger partial charge < -0.3 is 9.80 Å². The van der Waals surface area contributed by atoms with Crippen LogP contribution in [0.2, 0.25) is 0 Å². The molecule has 0 spiro atoms. The van der Waals surface area contributed by atoms with Crippen molar-refractivity contribution in [2.24, 2.45) is 0 Å². The van der Waals surface area contributed by atoms with E-state index in [4.69, 9.17) is 0 Å². The summed E-state index contributed by atoms with van der Waals surface area (Å²) in [6, 6.07) is 8.66. The van der Waals surface area contributed by atoms with Gasteiger partial charge in [0.1, 0.15) is 0 Å². The summed E-state index contributed by atoms with van der Waals surface area (Å²) in [6.07, 6.45) is 4.13. The van der Waals surface area contributed by atoms with Crippen molar-refractivity contribution in [2.75, 3.05) is 7.05 Å². The van der Waals surface area contributed by atoms with Crippen LogP contribution in [0.4, 0.5) is 0 Å². The first-order valence-corrected chi connectivity index (χ1v) is 7.96. The van der Waals surface area contributed by atoms with Crippen molar-refractivity contribution in [1.82, 2.24) is 9.80 Å². The van der Waals surface area contributed by atoms with E-state index in [2.05, 4.69) is 61.7 Å². The van der Waals surface area contributed by atoms with Gasteiger partial charge in [0.2, 0.25) is 0 Å².